The molecule has 100 valence electrons. The third kappa shape index (κ3) is 1.80. The Morgan fingerprint density at radius 2 is 2.16 bits per heavy atom. The molecule has 2 aromatic rings. The fourth-order valence-electron chi connectivity index (χ4n) is 2.35. The summed E-state index contributed by atoms with van der Waals surface area (Å²) in [7, 11) is 0. The predicted molar refractivity (Wildman–Crippen MR) is 71.2 cm³/mol. The molecular formula is C14H17N3O2. The highest BCUT2D eigenvalue weighted by Gasteiger charge is 2.38. The Hall–Kier alpha value is -1.91. The quantitative estimate of drug-likeness (QED) is 0.919. The summed E-state index contributed by atoms with van der Waals surface area (Å²) in [5.41, 5.74) is 1.46. The number of hydrogen-bond donors (Lipinski definition) is 1. The molecule has 2 heterocycles. The maximum Gasteiger partial charge on any atom is 0.329 e. The van der Waals surface area contributed by atoms with Crippen LogP contribution in [0.3, 0.4) is 0 Å². The van der Waals surface area contributed by atoms with Crippen molar-refractivity contribution >= 4 is 17.1 Å². The first kappa shape index (κ1) is 12.1. The first-order valence-electron chi connectivity index (χ1n) is 6.50. The van der Waals surface area contributed by atoms with Crippen LogP contribution in [0.15, 0.2) is 12.3 Å². The van der Waals surface area contributed by atoms with E-state index in [1.54, 1.807) is 24.6 Å². The van der Waals surface area contributed by atoms with Gasteiger partial charge in [-0.25, -0.2) is 14.8 Å². The van der Waals surface area contributed by atoms with Gasteiger partial charge < -0.3 is 5.11 Å². The van der Waals surface area contributed by atoms with Gasteiger partial charge in [0, 0.05) is 12.1 Å². The summed E-state index contributed by atoms with van der Waals surface area (Å²) in [5, 5.41) is 9.48. The fourth-order valence-corrected chi connectivity index (χ4v) is 2.35. The van der Waals surface area contributed by atoms with Crippen LogP contribution in [-0.2, 0) is 10.3 Å². The second-order valence-corrected chi connectivity index (χ2v) is 5.80. The van der Waals surface area contributed by atoms with E-state index in [0.29, 0.717) is 11.6 Å². The molecule has 1 fully saturated rings. The zero-order chi connectivity index (χ0) is 13.8. The van der Waals surface area contributed by atoms with E-state index >= 15 is 0 Å². The molecule has 0 saturated heterocycles. The summed E-state index contributed by atoms with van der Waals surface area (Å²) >= 11 is 0. The van der Waals surface area contributed by atoms with Gasteiger partial charge in [0.05, 0.1) is 0 Å². The highest BCUT2D eigenvalue weighted by Crippen LogP contribution is 2.42. The minimum Gasteiger partial charge on any atom is -0.480 e. The van der Waals surface area contributed by atoms with Crippen molar-refractivity contribution in [1.29, 1.82) is 0 Å². The van der Waals surface area contributed by atoms with Crippen molar-refractivity contribution in [3.05, 3.63) is 23.7 Å². The number of hydrogen-bond acceptors (Lipinski definition) is 3. The van der Waals surface area contributed by atoms with Gasteiger partial charge in [0.15, 0.2) is 5.65 Å². The van der Waals surface area contributed by atoms with E-state index in [1.165, 1.54) is 0 Å². The molecule has 1 N–H and O–H groups in total. The van der Waals surface area contributed by atoms with Gasteiger partial charge in [0.2, 0.25) is 0 Å². The van der Waals surface area contributed by atoms with Crippen LogP contribution in [0.5, 0.6) is 0 Å². The summed E-state index contributed by atoms with van der Waals surface area (Å²) in [6, 6.07) is 1.96. The van der Waals surface area contributed by atoms with Crippen LogP contribution < -0.4 is 0 Å². The molecule has 0 unspecified atom stereocenters. The average Bonchev–Trinajstić information content (AvgIpc) is 3.09. The van der Waals surface area contributed by atoms with Crippen molar-refractivity contribution in [2.75, 3.05) is 0 Å². The number of imidazole rings is 1. The molecule has 5 heteroatoms. The van der Waals surface area contributed by atoms with Gasteiger partial charge in [-0.2, -0.15) is 0 Å². The minimum atomic E-state index is -1.03. The molecule has 0 aromatic carbocycles. The average molecular weight is 259 g/mol. The first-order chi connectivity index (χ1) is 8.91. The fraction of sp³-hybridized carbons (Fsp3) is 0.500. The topological polar surface area (TPSA) is 68.0 Å². The molecule has 0 bridgehead atoms. The van der Waals surface area contributed by atoms with Gasteiger partial charge in [0.1, 0.15) is 16.9 Å². The van der Waals surface area contributed by atoms with Crippen LogP contribution in [0.2, 0.25) is 0 Å². The van der Waals surface area contributed by atoms with Crippen molar-refractivity contribution in [2.24, 2.45) is 0 Å². The number of nitrogens with zero attached hydrogens (tertiary/aromatic N) is 3. The number of aliphatic carboxylic acids is 1. The van der Waals surface area contributed by atoms with Crippen molar-refractivity contribution in [3.8, 4) is 0 Å². The maximum absolute atomic E-state index is 11.5. The van der Waals surface area contributed by atoms with E-state index in [9.17, 15) is 9.90 Å². The van der Waals surface area contributed by atoms with E-state index in [2.05, 4.69) is 9.97 Å². The number of aromatic nitrogens is 3. The third-order valence-corrected chi connectivity index (χ3v) is 3.68. The normalized spacial score (nSPS) is 15.9. The SMILES string of the molecule is Cc1cnc2c(c1)nc(C1CC1)n2C(C)(C)C(=O)O. The molecule has 1 aliphatic carbocycles. The third-order valence-electron chi connectivity index (χ3n) is 3.68. The predicted octanol–water partition coefficient (Wildman–Crippen LogP) is 2.44. The molecule has 5 nitrogen and oxygen atoms in total. The minimum absolute atomic E-state index is 0.383. The standard InChI is InChI=1S/C14H17N3O2/c1-8-6-10-12(15-7-8)17(14(2,3)13(18)19)11(16-10)9-4-5-9/h6-7,9H,4-5H2,1-3H3,(H,18,19). The second-order valence-electron chi connectivity index (χ2n) is 5.80. The summed E-state index contributed by atoms with van der Waals surface area (Å²) in [4.78, 5) is 20.6. The summed E-state index contributed by atoms with van der Waals surface area (Å²) in [5.74, 6) is 0.379. The summed E-state index contributed by atoms with van der Waals surface area (Å²) < 4.78 is 1.79. The monoisotopic (exact) mass is 259 g/mol. The number of carboxylic acids is 1. The van der Waals surface area contributed by atoms with Gasteiger partial charge in [-0.15, -0.1) is 0 Å². The zero-order valence-electron chi connectivity index (χ0n) is 11.3. The zero-order valence-corrected chi connectivity index (χ0v) is 11.3. The van der Waals surface area contributed by atoms with Gasteiger partial charge in [0.25, 0.3) is 0 Å². The van der Waals surface area contributed by atoms with Crippen molar-refractivity contribution in [3.63, 3.8) is 0 Å². The van der Waals surface area contributed by atoms with Crippen molar-refractivity contribution in [1.82, 2.24) is 14.5 Å². The lowest BCUT2D eigenvalue weighted by molar-refractivity contribution is -0.145. The number of fused-ring (bicyclic) bond motifs is 1. The Kier molecular flexibility index (Phi) is 2.42. The molecule has 1 saturated carbocycles. The van der Waals surface area contributed by atoms with E-state index in [4.69, 9.17) is 0 Å². The molecule has 0 amide bonds. The van der Waals surface area contributed by atoms with E-state index < -0.39 is 11.5 Å². The molecule has 0 aliphatic heterocycles. The van der Waals surface area contributed by atoms with Crippen LogP contribution in [0, 0.1) is 6.92 Å². The number of pyridine rings is 1. The van der Waals surface area contributed by atoms with Crippen molar-refractivity contribution < 1.29 is 9.90 Å². The van der Waals surface area contributed by atoms with Gasteiger partial charge in [-0.3, -0.25) is 4.57 Å². The largest absolute Gasteiger partial charge is 0.480 e. The molecule has 0 radical (unpaired) electrons. The van der Waals surface area contributed by atoms with Gasteiger partial charge in [-0.1, -0.05) is 0 Å². The smallest absolute Gasteiger partial charge is 0.329 e. The second kappa shape index (κ2) is 3.79. The van der Waals surface area contributed by atoms with E-state index in [1.807, 2.05) is 13.0 Å². The number of rotatable bonds is 3. The Balaban J connectivity index is 2.31. The molecule has 0 atom stereocenters. The van der Waals surface area contributed by atoms with E-state index in [-0.39, 0.29) is 0 Å². The Labute approximate surface area is 111 Å². The number of carbonyl (C=O) groups is 1. The molecule has 0 spiro atoms. The van der Waals surface area contributed by atoms with Crippen LogP contribution in [-0.4, -0.2) is 25.6 Å². The molecular weight excluding hydrogens is 242 g/mol. The highest BCUT2D eigenvalue weighted by atomic mass is 16.4. The van der Waals surface area contributed by atoms with Crippen LogP contribution in [0.4, 0.5) is 0 Å². The van der Waals surface area contributed by atoms with Gasteiger partial charge in [-0.05, 0) is 45.2 Å². The molecule has 1 aliphatic rings. The maximum atomic E-state index is 11.5. The van der Waals surface area contributed by atoms with Crippen LogP contribution in [0.1, 0.15) is 44.0 Å². The molecule has 19 heavy (non-hydrogen) atoms. The lowest BCUT2D eigenvalue weighted by Crippen LogP contribution is -2.37. The van der Waals surface area contributed by atoms with Crippen LogP contribution >= 0.6 is 0 Å². The lowest BCUT2D eigenvalue weighted by Gasteiger charge is -2.24. The lowest BCUT2D eigenvalue weighted by atomic mass is 10.1. The van der Waals surface area contributed by atoms with Gasteiger partial charge >= 0.3 is 5.97 Å². The Morgan fingerprint density at radius 3 is 2.74 bits per heavy atom. The Bertz CT molecular complexity index is 669. The van der Waals surface area contributed by atoms with Crippen LogP contribution in [0.25, 0.3) is 11.2 Å². The number of carboxylic acid groups (broad SMARTS) is 1. The van der Waals surface area contributed by atoms with Crippen molar-refractivity contribution in [2.45, 2.75) is 45.1 Å². The highest BCUT2D eigenvalue weighted by molar-refractivity contribution is 5.81. The molecule has 2 aromatic heterocycles. The summed E-state index contributed by atoms with van der Waals surface area (Å²) in [6.45, 7) is 5.36. The molecule has 3 rings (SSSR count). The summed E-state index contributed by atoms with van der Waals surface area (Å²) in [6.07, 6.45) is 3.92. The van der Waals surface area contributed by atoms with E-state index in [0.717, 1.165) is 29.7 Å². The first-order valence-corrected chi connectivity index (χ1v) is 6.50. The Morgan fingerprint density at radius 1 is 1.47 bits per heavy atom. The number of aryl methyl sites for hydroxylation is 1.